The molecule has 0 aliphatic rings. The van der Waals surface area contributed by atoms with E-state index in [4.69, 9.17) is 9.47 Å². The second kappa shape index (κ2) is 10.2. The fourth-order valence-electron chi connectivity index (χ4n) is 3.22. The van der Waals surface area contributed by atoms with Gasteiger partial charge in [-0.15, -0.1) is 0 Å². The van der Waals surface area contributed by atoms with Crippen LogP contribution in [0.1, 0.15) is 11.1 Å². The van der Waals surface area contributed by atoms with Crippen molar-refractivity contribution < 1.29 is 23.9 Å². The quantitative estimate of drug-likeness (QED) is 0.583. The Balaban J connectivity index is 1.55. The first kappa shape index (κ1) is 21.0. The zero-order chi connectivity index (χ0) is 21.3. The van der Waals surface area contributed by atoms with Gasteiger partial charge in [-0.25, -0.2) is 4.79 Å². The molecule has 6 heteroatoms. The second-order valence-corrected chi connectivity index (χ2v) is 6.81. The van der Waals surface area contributed by atoms with Crippen molar-refractivity contribution in [2.75, 3.05) is 13.7 Å². The fourth-order valence-corrected chi connectivity index (χ4v) is 3.22. The minimum absolute atomic E-state index is 0.0546. The molecule has 0 saturated heterocycles. The molecule has 3 aromatic rings. The van der Waals surface area contributed by atoms with Crippen LogP contribution in [0.5, 0.6) is 0 Å². The molecule has 30 heavy (non-hydrogen) atoms. The number of nitrogens with one attached hydrogen (secondary N) is 1. The van der Waals surface area contributed by atoms with Gasteiger partial charge in [-0.3, -0.25) is 9.59 Å². The van der Waals surface area contributed by atoms with Crippen molar-refractivity contribution in [1.29, 1.82) is 0 Å². The van der Waals surface area contributed by atoms with E-state index in [0.717, 1.165) is 21.9 Å². The number of fused-ring (bicyclic) bond motifs is 1. The van der Waals surface area contributed by atoms with Crippen LogP contribution in [-0.2, 0) is 36.7 Å². The highest BCUT2D eigenvalue weighted by Crippen LogP contribution is 2.19. The maximum absolute atomic E-state index is 12.2. The molecule has 0 aliphatic carbocycles. The van der Waals surface area contributed by atoms with E-state index in [1.807, 2.05) is 72.8 Å². The number of esters is 2. The minimum Gasteiger partial charge on any atom is -0.467 e. The number of methoxy groups -OCH3 is 1. The topological polar surface area (TPSA) is 81.7 Å². The van der Waals surface area contributed by atoms with Crippen LogP contribution in [0.3, 0.4) is 0 Å². The number of ether oxygens (including phenoxy) is 2. The summed E-state index contributed by atoms with van der Waals surface area (Å²) in [5, 5.41) is 4.57. The lowest BCUT2D eigenvalue weighted by atomic mass is 10.0. The van der Waals surface area contributed by atoms with E-state index in [1.54, 1.807) is 0 Å². The molecule has 3 aromatic carbocycles. The Bertz CT molecular complexity index is 1030. The van der Waals surface area contributed by atoms with Crippen molar-refractivity contribution >= 4 is 28.6 Å². The maximum Gasteiger partial charge on any atom is 0.328 e. The summed E-state index contributed by atoms with van der Waals surface area (Å²) in [5.41, 5.74) is 1.70. The molecule has 1 atom stereocenters. The average molecular weight is 405 g/mol. The Morgan fingerprint density at radius 2 is 1.60 bits per heavy atom. The predicted molar refractivity (Wildman–Crippen MR) is 113 cm³/mol. The molecule has 154 valence electrons. The van der Waals surface area contributed by atoms with Crippen LogP contribution in [0.25, 0.3) is 10.8 Å². The summed E-state index contributed by atoms with van der Waals surface area (Å²) in [6.07, 6.45) is 0.336. The molecule has 1 N–H and O–H groups in total. The molecule has 0 bridgehead atoms. The smallest absolute Gasteiger partial charge is 0.328 e. The van der Waals surface area contributed by atoms with E-state index in [2.05, 4.69) is 5.32 Å². The van der Waals surface area contributed by atoms with Gasteiger partial charge >= 0.3 is 11.9 Å². The number of hydrogen-bond donors (Lipinski definition) is 1. The molecule has 0 heterocycles. The van der Waals surface area contributed by atoms with Crippen molar-refractivity contribution in [2.24, 2.45) is 0 Å². The van der Waals surface area contributed by atoms with Crippen molar-refractivity contribution in [3.8, 4) is 0 Å². The molecule has 0 saturated carbocycles. The van der Waals surface area contributed by atoms with Gasteiger partial charge in [0.05, 0.1) is 13.5 Å². The van der Waals surface area contributed by atoms with Gasteiger partial charge in [0.15, 0.2) is 6.61 Å². The standard InChI is InChI=1S/C24H23NO5/c1-29-24(28)21(14-17-8-3-2-4-9-17)25-22(26)16-30-23(27)15-19-12-7-11-18-10-5-6-13-20(18)19/h2-13,21H,14-16H2,1H3,(H,25,26)/t21-/m0/s1. The van der Waals surface area contributed by atoms with Crippen LogP contribution in [0.2, 0.25) is 0 Å². The van der Waals surface area contributed by atoms with Crippen LogP contribution >= 0.6 is 0 Å². The predicted octanol–water partition coefficient (Wildman–Crippen LogP) is 2.83. The highest BCUT2D eigenvalue weighted by Gasteiger charge is 2.22. The number of amides is 1. The van der Waals surface area contributed by atoms with Crippen LogP contribution in [0.4, 0.5) is 0 Å². The number of hydrogen-bond acceptors (Lipinski definition) is 5. The van der Waals surface area contributed by atoms with Gasteiger partial charge in [-0.2, -0.15) is 0 Å². The van der Waals surface area contributed by atoms with Crippen molar-refractivity contribution in [1.82, 2.24) is 5.32 Å². The van der Waals surface area contributed by atoms with E-state index in [9.17, 15) is 14.4 Å². The van der Waals surface area contributed by atoms with Gasteiger partial charge in [0.2, 0.25) is 0 Å². The van der Waals surface area contributed by atoms with Crippen molar-refractivity contribution in [2.45, 2.75) is 18.9 Å². The molecule has 0 spiro atoms. The third-order valence-electron chi connectivity index (χ3n) is 4.68. The SMILES string of the molecule is COC(=O)[C@H](Cc1ccccc1)NC(=O)COC(=O)Cc1cccc2ccccc12. The average Bonchev–Trinajstić information content (AvgIpc) is 2.77. The number of carbonyl (C=O) groups is 3. The van der Waals surface area contributed by atoms with E-state index in [1.165, 1.54) is 7.11 Å². The van der Waals surface area contributed by atoms with Crippen molar-refractivity contribution in [3.63, 3.8) is 0 Å². The minimum atomic E-state index is -0.860. The summed E-state index contributed by atoms with van der Waals surface area (Å²) in [4.78, 5) is 36.5. The number of carbonyl (C=O) groups excluding carboxylic acids is 3. The second-order valence-electron chi connectivity index (χ2n) is 6.81. The monoisotopic (exact) mass is 405 g/mol. The van der Waals surface area contributed by atoms with E-state index in [0.29, 0.717) is 0 Å². The molecule has 0 aromatic heterocycles. The molecule has 0 aliphatic heterocycles. The van der Waals surface area contributed by atoms with Gasteiger partial charge < -0.3 is 14.8 Å². The zero-order valence-electron chi connectivity index (χ0n) is 16.7. The first-order chi connectivity index (χ1) is 14.6. The molecule has 0 unspecified atom stereocenters. The van der Waals surface area contributed by atoms with Gasteiger partial charge in [0.25, 0.3) is 5.91 Å². The highest BCUT2D eigenvalue weighted by molar-refractivity contribution is 5.90. The Labute approximate surface area is 174 Å². The van der Waals surface area contributed by atoms with E-state index >= 15 is 0 Å². The zero-order valence-corrected chi connectivity index (χ0v) is 16.7. The third kappa shape index (κ3) is 5.67. The van der Waals surface area contributed by atoms with E-state index in [-0.39, 0.29) is 12.8 Å². The lowest BCUT2D eigenvalue weighted by Gasteiger charge is -2.16. The largest absolute Gasteiger partial charge is 0.467 e. The van der Waals surface area contributed by atoms with Crippen LogP contribution in [0.15, 0.2) is 72.8 Å². The number of rotatable bonds is 8. The summed E-state index contributed by atoms with van der Waals surface area (Å²) in [6, 6.07) is 21.9. The molecular weight excluding hydrogens is 382 g/mol. The molecule has 6 nitrogen and oxygen atoms in total. The van der Waals surface area contributed by atoms with Crippen LogP contribution in [0, 0.1) is 0 Å². The summed E-state index contributed by atoms with van der Waals surface area (Å²) in [7, 11) is 1.26. The van der Waals surface area contributed by atoms with Gasteiger partial charge in [-0.05, 0) is 21.9 Å². The van der Waals surface area contributed by atoms with E-state index < -0.39 is 30.5 Å². The molecule has 1 amide bonds. The Kier molecular flexibility index (Phi) is 7.16. The molecular formula is C24H23NO5. The fraction of sp³-hybridized carbons (Fsp3) is 0.208. The maximum atomic E-state index is 12.2. The van der Waals surface area contributed by atoms with Crippen LogP contribution < -0.4 is 5.32 Å². The van der Waals surface area contributed by atoms with Gasteiger partial charge in [-0.1, -0.05) is 72.8 Å². The first-order valence-corrected chi connectivity index (χ1v) is 9.60. The first-order valence-electron chi connectivity index (χ1n) is 9.60. The Morgan fingerprint density at radius 3 is 2.37 bits per heavy atom. The highest BCUT2D eigenvalue weighted by atomic mass is 16.5. The summed E-state index contributed by atoms with van der Waals surface area (Å²) in [5.74, 6) is -1.64. The summed E-state index contributed by atoms with van der Waals surface area (Å²) < 4.78 is 9.89. The normalized spacial score (nSPS) is 11.5. The number of benzene rings is 3. The lowest BCUT2D eigenvalue weighted by molar-refractivity contribution is -0.149. The van der Waals surface area contributed by atoms with Gasteiger partial charge in [0.1, 0.15) is 6.04 Å². The Morgan fingerprint density at radius 1 is 0.900 bits per heavy atom. The summed E-state index contributed by atoms with van der Waals surface area (Å²) in [6.45, 7) is -0.466. The van der Waals surface area contributed by atoms with Gasteiger partial charge in [0, 0.05) is 6.42 Å². The third-order valence-corrected chi connectivity index (χ3v) is 4.68. The summed E-state index contributed by atoms with van der Waals surface area (Å²) >= 11 is 0. The molecule has 0 radical (unpaired) electrons. The molecule has 3 rings (SSSR count). The lowest BCUT2D eigenvalue weighted by Crippen LogP contribution is -2.44. The Hall–Kier alpha value is -3.67. The van der Waals surface area contributed by atoms with Crippen molar-refractivity contribution in [3.05, 3.63) is 83.9 Å². The molecule has 0 fully saturated rings. The van der Waals surface area contributed by atoms with Crippen LogP contribution in [-0.4, -0.2) is 37.6 Å².